The molecule has 2 unspecified atom stereocenters. The minimum absolute atomic E-state index is 0.429. The monoisotopic (exact) mass is 246 g/mol. The highest BCUT2D eigenvalue weighted by molar-refractivity contribution is 6.56. The molecule has 1 rings (SSSR count). The van der Waals surface area contributed by atoms with E-state index in [4.69, 9.17) is 13.6 Å². The van der Waals surface area contributed by atoms with Crippen LogP contribution < -0.4 is 0 Å². The Morgan fingerprint density at radius 3 is 2.25 bits per heavy atom. The summed E-state index contributed by atoms with van der Waals surface area (Å²) in [5.74, 6) is -1.35. The van der Waals surface area contributed by atoms with Crippen LogP contribution in [0, 0.1) is 5.92 Å². The second-order valence-corrected chi connectivity index (χ2v) is 6.50. The van der Waals surface area contributed by atoms with Crippen LogP contribution in [-0.2, 0) is 23.2 Å². The van der Waals surface area contributed by atoms with E-state index in [1.54, 1.807) is 0 Å². The van der Waals surface area contributed by atoms with Crippen molar-refractivity contribution in [1.29, 1.82) is 0 Å². The van der Waals surface area contributed by atoms with Crippen molar-refractivity contribution in [3.8, 4) is 0 Å². The van der Waals surface area contributed by atoms with Crippen LogP contribution in [0.25, 0.3) is 0 Å². The average Bonchev–Trinajstić information content (AvgIpc) is 2.52. The molecule has 0 bridgehead atoms. The normalized spacial score (nSPS) is 29.9. The minimum Gasteiger partial charge on any atom is -0.399 e. The highest BCUT2D eigenvalue weighted by atomic mass is 28.3. The predicted molar refractivity (Wildman–Crippen MR) is 59.0 cm³/mol. The largest absolute Gasteiger partial charge is 0.399 e. The van der Waals surface area contributed by atoms with E-state index in [9.17, 15) is 9.59 Å². The molecule has 5 nitrogen and oxygen atoms in total. The van der Waals surface area contributed by atoms with E-state index >= 15 is 0 Å². The van der Waals surface area contributed by atoms with Crippen molar-refractivity contribution >= 4 is 21.2 Å². The Labute approximate surface area is 96.9 Å². The Hall–Kier alpha value is -0.723. The van der Waals surface area contributed by atoms with E-state index in [-0.39, 0.29) is 0 Å². The van der Waals surface area contributed by atoms with Crippen molar-refractivity contribution in [3.63, 3.8) is 0 Å². The summed E-state index contributed by atoms with van der Waals surface area (Å²) in [7, 11) is 0.781. The number of hydrogen-bond donors (Lipinski definition) is 0. The van der Waals surface area contributed by atoms with E-state index in [0.29, 0.717) is 12.8 Å². The fourth-order valence-corrected chi connectivity index (χ4v) is 4.79. The lowest BCUT2D eigenvalue weighted by atomic mass is 9.89. The lowest BCUT2D eigenvalue weighted by Gasteiger charge is -2.32. The Morgan fingerprint density at radius 1 is 1.31 bits per heavy atom. The number of carbonyl (C=O) groups is 2. The summed E-state index contributed by atoms with van der Waals surface area (Å²) < 4.78 is 15.3. The van der Waals surface area contributed by atoms with E-state index in [0.717, 1.165) is 0 Å². The summed E-state index contributed by atoms with van der Waals surface area (Å²) >= 11 is 0. The third-order valence-electron chi connectivity index (χ3n) is 3.32. The first-order valence-corrected chi connectivity index (χ1v) is 6.92. The van der Waals surface area contributed by atoms with Gasteiger partial charge in [-0.2, -0.15) is 0 Å². The van der Waals surface area contributed by atoms with Crippen molar-refractivity contribution in [2.75, 3.05) is 14.2 Å². The van der Waals surface area contributed by atoms with Crippen LogP contribution in [0.4, 0.5) is 0 Å². The fourth-order valence-electron chi connectivity index (χ4n) is 2.48. The maximum absolute atomic E-state index is 11.9. The summed E-state index contributed by atoms with van der Waals surface area (Å²) in [6, 6.07) is 0. The highest BCUT2D eigenvalue weighted by Crippen LogP contribution is 2.50. The zero-order chi connectivity index (χ0) is 12.3. The molecule has 0 aromatic rings. The van der Waals surface area contributed by atoms with Gasteiger partial charge in [0, 0.05) is 14.2 Å². The zero-order valence-electron chi connectivity index (χ0n) is 10.1. The lowest BCUT2D eigenvalue weighted by Crippen LogP contribution is -2.44. The van der Waals surface area contributed by atoms with Gasteiger partial charge in [-0.1, -0.05) is 13.8 Å². The first-order valence-electron chi connectivity index (χ1n) is 5.40. The van der Waals surface area contributed by atoms with Crippen molar-refractivity contribution in [2.45, 2.75) is 31.7 Å². The minimum atomic E-state index is -2.25. The Balaban J connectivity index is 3.17. The molecule has 0 saturated carbocycles. The molecular weight excluding hydrogens is 228 g/mol. The number of rotatable bonds is 5. The zero-order valence-corrected chi connectivity index (χ0v) is 11.3. The molecule has 0 spiro atoms. The van der Waals surface area contributed by atoms with Gasteiger partial charge in [0.05, 0.1) is 5.92 Å². The van der Waals surface area contributed by atoms with Crippen molar-refractivity contribution in [1.82, 2.24) is 0 Å². The molecule has 6 heteroatoms. The van der Waals surface area contributed by atoms with Crippen molar-refractivity contribution in [3.05, 3.63) is 0 Å². The third-order valence-corrected chi connectivity index (χ3v) is 6.07. The van der Waals surface area contributed by atoms with Gasteiger partial charge in [-0.25, -0.2) is 0 Å². The number of esters is 2. The average molecular weight is 246 g/mol. The number of hydrogen-bond acceptors (Lipinski definition) is 5. The van der Waals surface area contributed by atoms with Gasteiger partial charge in [-0.05, 0) is 12.8 Å². The maximum Gasteiger partial charge on any atom is 0.339 e. The number of cyclic esters (lactones) is 2. The first kappa shape index (κ1) is 13.3. The van der Waals surface area contributed by atoms with Crippen LogP contribution in [0.3, 0.4) is 0 Å². The van der Waals surface area contributed by atoms with Crippen LogP contribution in [0.1, 0.15) is 26.7 Å². The second kappa shape index (κ2) is 5.07. The van der Waals surface area contributed by atoms with Crippen LogP contribution in [0.5, 0.6) is 0 Å². The Morgan fingerprint density at radius 2 is 1.88 bits per heavy atom. The second-order valence-electron chi connectivity index (χ2n) is 3.87. The van der Waals surface area contributed by atoms with Crippen LogP contribution in [0.15, 0.2) is 0 Å². The topological polar surface area (TPSA) is 61.8 Å². The third kappa shape index (κ3) is 1.70. The first-order chi connectivity index (χ1) is 7.58. The summed E-state index contributed by atoms with van der Waals surface area (Å²) in [5.41, 5.74) is 0. The van der Waals surface area contributed by atoms with Gasteiger partial charge >= 0.3 is 21.2 Å². The van der Waals surface area contributed by atoms with E-state index in [1.165, 1.54) is 14.2 Å². The Bertz CT molecular complexity index is 289. The number of ether oxygens (including phenoxy) is 1. The fraction of sp³-hybridized carbons (Fsp3) is 0.800. The lowest BCUT2D eigenvalue weighted by molar-refractivity contribution is -0.153. The molecule has 2 atom stereocenters. The highest BCUT2D eigenvalue weighted by Gasteiger charge is 2.62. The molecule has 0 N–H and O–H groups in total. The molecule has 0 aromatic heterocycles. The molecule has 1 saturated heterocycles. The van der Waals surface area contributed by atoms with Gasteiger partial charge in [0.1, 0.15) is 5.04 Å². The van der Waals surface area contributed by atoms with Crippen LogP contribution in [-0.4, -0.2) is 35.4 Å². The summed E-state index contributed by atoms with van der Waals surface area (Å²) in [5, 5.41) is -0.866. The van der Waals surface area contributed by atoms with Crippen LogP contribution in [0.2, 0.25) is 5.04 Å². The molecule has 1 aliphatic heterocycles. The van der Waals surface area contributed by atoms with E-state index < -0.39 is 32.2 Å². The summed E-state index contributed by atoms with van der Waals surface area (Å²) in [6.07, 6.45) is 1.07. The molecule has 0 aromatic carbocycles. The SMILES string of the molecule is CCC1C(=O)OC(=O)C1(CC)[SiH](OC)OC. The molecule has 1 heterocycles. The van der Waals surface area contributed by atoms with E-state index in [1.807, 2.05) is 13.8 Å². The molecular formula is C10H18O5Si. The van der Waals surface area contributed by atoms with Gasteiger partial charge in [0.2, 0.25) is 0 Å². The van der Waals surface area contributed by atoms with Gasteiger partial charge in [-0.15, -0.1) is 0 Å². The Kier molecular flexibility index (Phi) is 4.23. The van der Waals surface area contributed by atoms with Crippen LogP contribution >= 0.6 is 0 Å². The van der Waals surface area contributed by atoms with Crippen molar-refractivity contribution < 1.29 is 23.2 Å². The van der Waals surface area contributed by atoms with E-state index in [2.05, 4.69) is 0 Å². The molecule has 16 heavy (non-hydrogen) atoms. The molecule has 1 fully saturated rings. The van der Waals surface area contributed by atoms with Gasteiger partial charge < -0.3 is 13.6 Å². The molecule has 92 valence electrons. The predicted octanol–water partition coefficient (Wildman–Crippen LogP) is 0.760. The number of carbonyl (C=O) groups excluding carboxylic acids is 2. The molecule has 0 amide bonds. The molecule has 0 radical (unpaired) electrons. The van der Waals surface area contributed by atoms with Gasteiger partial charge in [-0.3, -0.25) is 9.59 Å². The smallest absolute Gasteiger partial charge is 0.339 e. The van der Waals surface area contributed by atoms with Gasteiger partial charge in [0.15, 0.2) is 0 Å². The molecule has 0 aliphatic carbocycles. The van der Waals surface area contributed by atoms with Crippen molar-refractivity contribution in [2.24, 2.45) is 5.92 Å². The summed E-state index contributed by atoms with van der Waals surface area (Å²) in [4.78, 5) is 23.5. The quantitative estimate of drug-likeness (QED) is 0.407. The van der Waals surface area contributed by atoms with Gasteiger partial charge in [0.25, 0.3) is 0 Å². The molecule has 1 aliphatic rings. The summed E-state index contributed by atoms with van der Waals surface area (Å²) in [6.45, 7) is 3.73. The maximum atomic E-state index is 11.9. The standard InChI is InChI=1S/C10H18O5Si/c1-5-7-8(11)15-9(12)10(7,6-2)16(13-3)14-4/h7,16H,5-6H2,1-4H3.